The Hall–Kier alpha value is -2.29. The highest BCUT2D eigenvalue weighted by Crippen LogP contribution is 2.22. The summed E-state index contributed by atoms with van der Waals surface area (Å²) in [6.07, 6.45) is 3.19. The molecule has 120 valence electrons. The molecule has 0 unspecified atom stereocenters. The van der Waals surface area contributed by atoms with Crippen LogP contribution < -0.4 is 4.74 Å². The van der Waals surface area contributed by atoms with Gasteiger partial charge in [-0.2, -0.15) is 0 Å². The molecule has 0 spiro atoms. The van der Waals surface area contributed by atoms with Gasteiger partial charge < -0.3 is 9.64 Å². The number of amides is 1. The first-order chi connectivity index (χ1) is 11.3. The average molecular weight is 309 g/mol. The highest BCUT2D eigenvalue weighted by molar-refractivity contribution is 5.94. The zero-order chi connectivity index (χ0) is 15.9. The van der Waals surface area contributed by atoms with Gasteiger partial charge in [0.25, 0.3) is 5.91 Å². The Balaban J connectivity index is 1.41. The number of piperidine rings is 1. The van der Waals surface area contributed by atoms with Crippen LogP contribution >= 0.6 is 0 Å². The van der Waals surface area contributed by atoms with Crippen molar-refractivity contribution >= 4 is 5.91 Å². The van der Waals surface area contributed by atoms with Crippen LogP contribution in [0.4, 0.5) is 0 Å². The van der Waals surface area contributed by atoms with Gasteiger partial charge >= 0.3 is 0 Å². The predicted molar refractivity (Wildman–Crippen MR) is 91.6 cm³/mol. The lowest BCUT2D eigenvalue weighted by molar-refractivity contribution is 0.0680. The average Bonchev–Trinajstić information content (AvgIpc) is 2.63. The van der Waals surface area contributed by atoms with Gasteiger partial charge in [0.1, 0.15) is 5.75 Å². The van der Waals surface area contributed by atoms with Crippen LogP contribution in [0.1, 0.15) is 29.6 Å². The molecule has 0 bridgehead atoms. The van der Waals surface area contributed by atoms with Gasteiger partial charge in [-0.05, 0) is 49.4 Å². The Bertz CT molecular complexity index is 604. The van der Waals surface area contributed by atoms with Crippen LogP contribution in [0.15, 0.2) is 60.7 Å². The van der Waals surface area contributed by atoms with E-state index in [9.17, 15) is 4.79 Å². The smallest absolute Gasteiger partial charge is 0.253 e. The van der Waals surface area contributed by atoms with Crippen molar-refractivity contribution in [2.45, 2.75) is 19.3 Å². The second kappa shape index (κ2) is 7.82. The maximum atomic E-state index is 12.4. The van der Waals surface area contributed by atoms with E-state index in [4.69, 9.17) is 4.74 Å². The Morgan fingerprint density at radius 3 is 2.22 bits per heavy atom. The fourth-order valence-electron chi connectivity index (χ4n) is 3.05. The van der Waals surface area contributed by atoms with E-state index >= 15 is 0 Å². The van der Waals surface area contributed by atoms with Crippen molar-refractivity contribution in [1.82, 2.24) is 4.90 Å². The summed E-state index contributed by atoms with van der Waals surface area (Å²) in [7, 11) is 0. The van der Waals surface area contributed by atoms with Gasteiger partial charge in [0, 0.05) is 18.7 Å². The van der Waals surface area contributed by atoms with Crippen molar-refractivity contribution in [3.05, 3.63) is 66.2 Å². The molecule has 1 saturated heterocycles. The zero-order valence-electron chi connectivity index (χ0n) is 13.4. The predicted octanol–water partition coefficient (Wildman–Crippen LogP) is 4.01. The quantitative estimate of drug-likeness (QED) is 0.835. The van der Waals surface area contributed by atoms with E-state index in [1.54, 1.807) is 0 Å². The maximum Gasteiger partial charge on any atom is 0.253 e. The SMILES string of the molecule is O=C(c1ccccc1)N1CCC(CCOc2ccccc2)CC1. The number of likely N-dealkylation sites (tertiary alicyclic amines) is 1. The number of para-hydroxylation sites is 1. The van der Waals surface area contributed by atoms with Crippen LogP contribution in [-0.2, 0) is 0 Å². The molecule has 3 heteroatoms. The molecule has 0 aromatic heterocycles. The number of nitrogens with zero attached hydrogens (tertiary/aromatic N) is 1. The van der Waals surface area contributed by atoms with Gasteiger partial charge in [0.05, 0.1) is 6.61 Å². The number of ether oxygens (including phenoxy) is 1. The summed E-state index contributed by atoms with van der Waals surface area (Å²) >= 11 is 0. The Labute approximate surface area is 137 Å². The third-order valence-electron chi connectivity index (χ3n) is 4.46. The largest absolute Gasteiger partial charge is 0.494 e. The van der Waals surface area contributed by atoms with Gasteiger partial charge in [-0.1, -0.05) is 36.4 Å². The Kier molecular flexibility index (Phi) is 5.30. The van der Waals surface area contributed by atoms with Crippen molar-refractivity contribution in [2.24, 2.45) is 5.92 Å². The monoisotopic (exact) mass is 309 g/mol. The van der Waals surface area contributed by atoms with Crippen LogP contribution in [0.5, 0.6) is 5.75 Å². The lowest BCUT2D eigenvalue weighted by Gasteiger charge is -2.32. The number of carbonyl (C=O) groups is 1. The highest BCUT2D eigenvalue weighted by atomic mass is 16.5. The fourth-order valence-corrected chi connectivity index (χ4v) is 3.05. The molecule has 1 heterocycles. The van der Waals surface area contributed by atoms with Crippen molar-refractivity contribution in [3.63, 3.8) is 0 Å². The minimum Gasteiger partial charge on any atom is -0.494 e. The molecule has 0 aliphatic carbocycles. The normalized spacial score (nSPS) is 15.4. The summed E-state index contributed by atoms with van der Waals surface area (Å²) in [5, 5.41) is 0. The van der Waals surface area contributed by atoms with Gasteiger partial charge in [0.2, 0.25) is 0 Å². The van der Waals surface area contributed by atoms with Gasteiger partial charge in [-0.15, -0.1) is 0 Å². The first kappa shape index (κ1) is 15.6. The van der Waals surface area contributed by atoms with Crippen molar-refractivity contribution in [1.29, 1.82) is 0 Å². The summed E-state index contributed by atoms with van der Waals surface area (Å²) < 4.78 is 5.77. The maximum absolute atomic E-state index is 12.4. The molecule has 0 atom stereocenters. The Morgan fingerprint density at radius 2 is 1.57 bits per heavy atom. The number of carbonyl (C=O) groups excluding carboxylic acids is 1. The lowest BCUT2D eigenvalue weighted by Crippen LogP contribution is -2.38. The first-order valence-electron chi connectivity index (χ1n) is 8.35. The molecule has 0 radical (unpaired) electrons. The van der Waals surface area contributed by atoms with Gasteiger partial charge in [-0.25, -0.2) is 0 Å². The molecular formula is C20H23NO2. The van der Waals surface area contributed by atoms with Crippen LogP contribution in [0, 0.1) is 5.92 Å². The summed E-state index contributed by atoms with van der Waals surface area (Å²) in [6.45, 7) is 2.45. The van der Waals surface area contributed by atoms with E-state index < -0.39 is 0 Å². The van der Waals surface area contributed by atoms with E-state index in [0.29, 0.717) is 5.92 Å². The van der Waals surface area contributed by atoms with Crippen LogP contribution in [0.25, 0.3) is 0 Å². The van der Waals surface area contributed by atoms with Gasteiger partial charge in [-0.3, -0.25) is 4.79 Å². The Morgan fingerprint density at radius 1 is 0.957 bits per heavy atom. The van der Waals surface area contributed by atoms with E-state index in [0.717, 1.165) is 50.3 Å². The number of hydrogen-bond donors (Lipinski definition) is 0. The topological polar surface area (TPSA) is 29.5 Å². The molecule has 3 nitrogen and oxygen atoms in total. The molecule has 1 aliphatic heterocycles. The number of hydrogen-bond acceptors (Lipinski definition) is 2. The zero-order valence-corrected chi connectivity index (χ0v) is 13.4. The summed E-state index contributed by atoms with van der Waals surface area (Å²) in [5.41, 5.74) is 0.790. The third kappa shape index (κ3) is 4.35. The van der Waals surface area contributed by atoms with Crippen LogP contribution in [0.2, 0.25) is 0 Å². The lowest BCUT2D eigenvalue weighted by atomic mass is 9.93. The fraction of sp³-hybridized carbons (Fsp3) is 0.350. The van der Waals surface area contributed by atoms with E-state index in [-0.39, 0.29) is 5.91 Å². The number of rotatable bonds is 5. The third-order valence-corrected chi connectivity index (χ3v) is 4.46. The molecule has 23 heavy (non-hydrogen) atoms. The summed E-state index contributed by atoms with van der Waals surface area (Å²) in [6, 6.07) is 19.5. The van der Waals surface area contributed by atoms with E-state index in [1.165, 1.54) is 0 Å². The van der Waals surface area contributed by atoms with Crippen LogP contribution in [-0.4, -0.2) is 30.5 Å². The summed E-state index contributed by atoms with van der Waals surface area (Å²) in [4.78, 5) is 14.4. The molecule has 1 aliphatic rings. The van der Waals surface area contributed by atoms with Crippen LogP contribution in [0.3, 0.4) is 0 Å². The molecule has 2 aromatic carbocycles. The first-order valence-corrected chi connectivity index (χ1v) is 8.35. The second-order valence-electron chi connectivity index (χ2n) is 6.05. The molecule has 1 fully saturated rings. The molecule has 3 rings (SSSR count). The van der Waals surface area contributed by atoms with Crippen molar-refractivity contribution in [3.8, 4) is 5.75 Å². The van der Waals surface area contributed by atoms with Crippen molar-refractivity contribution in [2.75, 3.05) is 19.7 Å². The number of benzene rings is 2. The second-order valence-corrected chi connectivity index (χ2v) is 6.05. The molecule has 2 aromatic rings. The van der Waals surface area contributed by atoms with Gasteiger partial charge in [0.15, 0.2) is 0 Å². The van der Waals surface area contributed by atoms with E-state index in [1.807, 2.05) is 65.6 Å². The van der Waals surface area contributed by atoms with E-state index in [2.05, 4.69) is 0 Å². The minimum atomic E-state index is 0.157. The summed E-state index contributed by atoms with van der Waals surface area (Å²) in [5.74, 6) is 1.74. The molecular weight excluding hydrogens is 286 g/mol. The molecule has 0 saturated carbocycles. The van der Waals surface area contributed by atoms with Crippen molar-refractivity contribution < 1.29 is 9.53 Å². The minimum absolute atomic E-state index is 0.157. The standard InChI is InChI=1S/C20H23NO2/c22-20(18-7-3-1-4-8-18)21-14-11-17(12-15-21)13-16-23-19-9-5-2-6-10-19/h1-10,17H,11-16H2. The highest BCUT2D eigenvalue weighted by Gasteiger charge is 2.23. The molecule has 0 N–H and O–H groups in total. The molecule has 1 amide bonds.